The smallest absolute Gasteiger partial charge is 0.258 e. The molecular weight excluding hydrogens is 216 g/mol. The van der Waals surface area contributed by atoms with Crippen molar-refractivity contribution in [3.63, 3.8) is 0 Å². The van der Waals surface area contributed by atoms with Crippen LogP contribution in [0.1, 0.15) is 39.2 Å². The van der Waals surface area contributed by atoms with Crippen molar-refractivity contribution in [1.29, 1.82) is 0 Å². The summed E-state index contributed by atoms with van der Waals surface area (Å²) in [4.78, 5) is 10.3. The molecule has 0 saturated heterocycles. The van der Waals surface area contributed by atoms with Gasteiger partial charge in [0.2, 0.25) is 5.69 Å². The first-order valence-corrected chi connectivity index (χ1v) is 5.88. The molecule has 0 N–H and O–H groups in total. The Bertz CT molecular complexity index is 478. The predicted octanol–water partition coefficient (Wildman–Crippen LogP) is 3.47. The first-order chi connectivity index (χ1) is 8.02. The Balaban J connectivity index is 0.000000686. The van der Waals surface area contributed by atoms with Gasteiger partial charge in [0.1, 0.15) is 7.05 Å². The molecule has 1 unspecified atom stereocenters. The molecule has 0 aromatic heterocycles. The third kappa shape index (κ3) is 2.20. The largest absolute Gasteiger partial charge is 0.270 e. The van der Waals surface area contributed by atoms with Gasteiger partial charge in [0.15, 0.2) is 5.71 Å². The van der Waals surface area contributed by atoms with Gasteiger partial charge in [-0.05, 0) is 6.92 Å². The molecule has 0 aliphatic carbocycles. The minimum Gasteiger partial charge on any atom is -0.258 e. The molecule has 1 aliphatic rings. The molecular formula is C13H19N2O2+. The van der Waals surface area contributed by atoms with Crippen LogP contribution in [0.3, 0.4) is 0 Å². The number of fused-ring (bicyclic) bond motifs is 1. The van der Waals surface area contributed by atoms with E-state index in [2.05, 4.69) is 18.4 Å². The first-order valence-electron chi connectivity index (χ1n) is 5.88. The predicted molar refractivity (Wildman–Crippen MR) is 69.4 cm³/mol. The number of rotatable bonds is 1. The van der Waals surface area contributed by atoms with Gasteiger partial charge < -0.3 is 0 Å². The summed E-state index contributed by atoms with van der Waals surface area (Å²) in [6.45, 7) is 8.12. The van der Waals surface area contributed by atoms with Crippen molar-refractivity contribution in [2.45, 2.75) is 33.6 Å². The number of hydrogen-bond acceptors (Lipinski definition) is 2. The van der Waals surface area contributed by atoms with Crippen molar-refractivity contribution in [3.8, 4) is 0 Å². The van der Waals surface area contributed by atoms with Crippen LogP contribution in [0.4, 0.5) is 11.4 Å². The van der Waals surface area contributed by atoms with Gasteiger partial charge in [-0.1, -0.05) is 13.8 Å². The van der Waals surface area contributed by atoms with Crippen LogP contribution in [0.5, 0.6) is 0 Å². The molecule has 1 atom stereocenters. The van der Waals surface area contributed by atoms with Gasteiger partial charge in [0.05, 0.1) is 10.8 Å². The highest BCUT2D eigenvalue weighted by Gasteiger charge is 2.32. The summed E-state index contributed by atoms with van der Waals surface area (Å²) in [5, 5.41) is 10.7. The van der Waals surface area contributed by atoms with Crippen LogP contribution < -0.4 is 0 Å². The van der Waals surface area contributed by atoms with E-state index in [0.717, 1.165) is 11.3 Å². The number of nitro benzene ring substituents is 1. The summed E-state index contributed by atoms with van der Waals surface area (Å²) in [7, 11) is 1.99. The lowest BCUT2D eigenvalue weighted by Gasteiger charge is -1.99. The SMILES string of the molecule is CC.CC1=[N+](C)c2ccc([N+](=O)[O-])cc2C1C. The summed E-state index contributed by atoms with van der Waals surface area (Å²) in [6.07, 6.45) is 0. The summed E-state index contributed by atoms with van der Waals surface area (Å²) >= 11 is 0. The van der Waals surface area contributed by atoms with E-state index in [1.165, 1.54) is 5.71 Å². The molecule has 0 spiro atoms. The van der Waals surface area contributed by atoms with Crippen molar-refractivity contribution >= 4 is 17.1 Å². The zero-order valence-corrected chi connectivity index (χ0v) is 11.0. The van der Waals surface area contributed by atoms with Gasteiger partial charge in [0.25, 0.3) is 5.69 Å². The van der Waals surface area contributed by atoms with E-state index in [1.54, 1.807) is 12.1 Å². The molecule has 1 heterocycles. The van der Waals surface area contributed by atoms with Crippen LogP contribution in [-0.2, 0) is 0 Å². The molecule has 1 aromatic carbocycles. The molecule has 1 aromatic rings. The summed E-state index contributed by atoms with van der Waals surface area (Å²) in [6, 6.07) is 5.05. The van der Waals surface area contributed by atoms with Crippen LogP contribution >= 0.6 is 0 Å². The lowest BCUT2D eigenvalue weighted by molar-refractivity contribution is -0.403. The monoisotopic (exact) mass is 235 g/mol. The molecule has 1 aliphatic heterocycles. The van der Waals surface area contributed by atoms with E-state index in [9.17, 15) is 10.1 Å². The molecule has 0 radical (unpaired) electrons. The van der Waals surface area contributed by atoms with Gasteiger partial charge in [0, 0.05) is 30.7 Å². The van der Waals surface area contributed by atoms with Gasteiger partial charge >= 0.3 is 0 Å². The topological polar surface area (TPSA) is 46.1 Å². The second-order valence-electron chi connectivity index (χ2n) is 3.92. The minimum absolute atomic E-state index is 0.170. The van der Waals surface area contributed by atoms with Crippen LogP contribution in [0.2, 0.25) is 0 Å². The maximum absolute atomic E-state index is 10.7. The number of benzene rings is 1. The summed E-state index contributed by atoms with van der Waals surface area (Å²) < 4.78 is 2.09. The number of nitrogens with zero attached hydrogens (tertiary/aromatic N) is 2. The van der Waals surface area contributed by atoms with Gasteiger partial charge in [-0.15, -0.1) is 0 Å². The third-order valence-corrected chi connectivity index (χ3v) is 3.21. The molecule has 4 nitrogen and oxygen atoms in total. The van der Waals surface area contributed by atoms with Crippen LogP contribution in [0, 0.1) is 10.1 Å². The summed E-state index contributed by atoms with van der Waals surface area (Å²) in [5.74, 6) is 0.268. The van der Waals surface area contributed by atoms with Crippen molar-refractivity contribution < 1.29 is 9.50 Å². The van der Waals surface area contributed by atoms with Gasteiger partial charge in [-0.2, -0.15) is 0 Å². The fourth-order valence-electron chi connectivity index (χ4n) is 2.01. The fraction of sp³-hybridized carbons (Fsp3) is 0.462. The van der Waals surface area contributed by atoms with E-state index in [-0.39, 0.29) is 16.5 Å². The quantitative estimate of drug-likeness (QED) is 0.425. The molecule has 0 fully saturated rings. The number of non-ortho nitro benzene ring substituents is 1. The fourth-order valence-corrected chi connectivity index (χ4v) is 2.01. The normalized spacial score (nSPS) is 17.4. The van der Waals surface area contributed by atoms with Crippen LogP contribution in [0.15, 0.2) is 18.2 Å². The van der Waals surface area contributed by atoms with Gasteiger partial charge in [-0.3, -0.25) is 10.1 Å². The molecule has 17 heavy (non-hydrogen) atoms. The zero-order valence-electron chi connectivity index (χ0n) is 11.0. The lowest BCUT2D eigenvalue weighted by Crippen LogP contribution is -2.06. The van der Waals surface area contributed by atoms with Gasteiger partial charge in [-0.25, -0.2) is 4.58 Å². The maximum atomic E-state index is 10.7. The second kappa shape index (κ2) is 5.08. The Hall–Kier alpha value is -1.71. The van der Waals surface area contributed by atoms with E-state index in [1.807, 2.05) is 27.0 Å². The average molecular weight is 235 g/mol. The number of nitro groups is 1. The number of hydrogen-bond donors (Lipinski definition) is 0. The van der Waals surface area contributed by atoms with Crippen molar-refractivity contribution in [2.24, 2.45) is 0 Å². The Morgan fingerprint density at radius 2 is 1.94 bits per heavy atom. The Morgan fingerprint density at radius 3 is 2.47 bits per heavy atom. The molecule has 4 heteroatoms. The minimum atomic E-state index is -0.347. The van der Waals surface area contributed by atoms with E-state index >= 15 is 0 Å². The van der Waals surface area contributed by atoms with Crippen molar-refractivity contribution in [3.05, 3.63) is 33.9 Å². The lowest BCUT2D eigenvalue weighted by atomic mass is 9.98. The Labute approximate surface area is 102 Å². The molecule has 2 rings (SSSR count). The molecule has 0 bridgehead atoms. The van der Waals surface area contributed by atoms with Crippen molar-refractivity contribution in [1.82, 2.24) is 0 Å². The molecule has 0 amide bonds. The zero-order chi connectivity index (χ0) is 13.2. The Morgan fingerprint density at radius 1 is 1.35 bits per heavy atom. The highest BCUT2D eigenvalue weighted by atomic mass is 16.6. The van der Waals surface area contributed by atoms with E-state index in [4.69, 9.17) is 0 Å². The van der Waals surface area contributed by atoms with Crippen LogP contribution in [-0.4, -0.2) is 22.3 Å². The second-order valence-corrected chi connectivity index (χ2v) is 3.92. The highest BCUT2D eigenvalue weighted by molar-refractivity contribution is 5.89. The maximum Gasteiger partial charge on any atom is 0.270 e. The van der Waals surface area contributed by atoms with Crippen LogP contribution in [0.25, 0.3) is 0 Å². The third-order valence-electron chi connectivity index (χ3n) is 3.21. The summed E-state index contributed by atoms with van der Waals surface area (Å²) in [5.41, 5.74) is 3.52. The Kier molecular flexibility index (Phi) is 3.99. The van der Waals surface area contributed by atoms with E-state index in [0.29, 0.717) is 0 Å². The standard InChI is InChI=1S/C11H13N2O2.C2H6/c1-7-8(2)12(3)11-5-4-9(13(14)15)6-10(7)11;1-2/h4-7H,1-3H3;1-2H3/q+1;. The molecule has 0 saturated carbocycles. The highest BCUT2D eigenvalue weighted by Crippen LogP contribution is 2.36. The van der Waals surface area contributed by atoms with E-state index < -0.39 is 0 Å². The van der Waals surface area contributed by atoms with Crippen molar-refractivity contribution in [2.75, 3.05) is 7.05 Å². The average Bonchev–Trinajstić information content (AvgIpc) is 2.57. The first kappa shape index (κ1) is 13.4. The molecule has 92 valence electrons.